The summed E-state index contributed by atoms with van der Waals surface area (Å²) >= 11 is 0. The van der Waals surface area contributed by atoms with Crippen LogP contribution in [0.2, 0.25) is 0 Å². The molecule has 0 aliphatic carbocycles. The van der Waals surface area contributed by atoms with Crippen molar-refractivity contribution in [3.63, 3.8) is 0 Å². The first kappa shape index (κ1) is 23.1. The number of piperazine rings is 1. The number of ether oxygens (including phenoxy) is 4. The summed E-state index contributed by atoms with van der Waals surface area (Å²) in [4.78, 5) is 4.21. The molecule has 0 saturated carbocycles. The van der Waals surface area contributed by atoms with Crippen LogP contribution in [0.25, 0.3) is 0 Å². The van der Waals surface area contributed by atoms with E-state index >= 15 is 0 Å². The fourth-order valence-electron chi connectivity index (χ4n) is 3.76. The van der Waals surface area contributed by atoms with E-state index in [2.05, 4.69) is 4.90 Å². The van der Waals surface area contributed by atoms with E-state index in [1.807, 2.05) is 23.1 Å². The van der Waals surface area contributed by atoms with Gasteiger partial charge in [-0.25, -0.2) is 4.39 Å². The Morgan fingerprint density at radius 3 is 2.19 bits per heavy atom. The van der Waals surface area contributed by atoms with Crippen LogP contribution in [0.3, 0.4) is 0 Å². The molecule has 1 aliphatic heterocycles. The van der Waals surface area contributed by atoms with Crippen LogP contribution in [0.5, 0.6) is 17.2 Å². The third-order valence-corrected chi connectivity index (χ3v) is 5.34. The lowest BCUT2D eigenvalue weighted by Crippen LogP contribution is -2.49. The van der Waals surface area contributed by atoms with Gasteiger partial charge < -0.3 is 29.0 Å². The van der Waals surface area contributed by atoms with Crippen molar-refractivity contribution in [2.75, 3.05) is 65.6 Å². The summed E-state index contributed by atoms with van der Waals surface area (Å²) in [5.41, 5.74) is 1.50. The van der Waals surface area contributed by atoms with E-state index in [0.717, 1.165) is 31.7 Å². The Morgan fingerprint density at radius 1 is 0.968 bits per heavy atom. The summed E-state index contributed by atoms with van der Waals surface area (Å²) < 4.78 is 35.7. The smallest absolute Gasteiger partial charge is 0.203 e. The molecule has 1 heterocycles. The first-order valence-corrected chi connectivity index (χ1v) is 10.3. The molecule has 1 N–H and O–H groups in total. The van der Waals surface area contributed by atoms with Crippen LogP contribution in [0.1, 0.15) is 5.56 Å². The molecule has 0 spiro atoms. The number of rotatable bonds is 10. The number of benzene rings is 2. The van der Waals surface area contributed by atoms with Crippen LogP contribution in [0.4, 0.5) is 10.1 Å². The summed E-state index contributed by atoms with van der Waals surface area (Å²) in [7, 11) is 4.69. The number of methoxy groups -OCH3 is 3. The molecule has 1 fully saturated rings. The van der Waals surface area contributed by atoms with E-state index in [-0.39, 0.29) is 12.4 Å². The molecular formula is C23H31FN2O5. The van der Waals surface area contributed by atoms with Gasteiger partial charge in [0.1, 0.15) is 5.82 Å². The zero-order chi connectivity index (χ0) is 22.2. The molecule has 8 heteroatoms. The molecule has 1 aliphatic rings. The van der Waals surface area contributed by atoms with E-state index in [1.165, 1.54) is 6.07 Å². The highest BCUT2D eigenvalue weighted by Crippen LogP contribution is 2.38. The average Bonchev–Trinajstić information content (AvgIpc) is 2.79. The van der Waals surface area contributed by atoms with Gasteiger partial charge in [0.25, 0.3) is 0 Å². The Hall–Kier alpha value is -2.55. The maximum absolute atomic E-state index is 14.0. The molecule has 0 bridgehead atoms. The van der Waals surface area contributed by atoms with E-state index in [4.69, 9.17) is 18.9 Å². The molecule has 0 radical (unpaired) electrons. The molecule has 170 valence electrons. The van der Waals surface area contributed by atoms with Crippen molar-refractivity contribution in [3.8, 4) is 17.2 Å². The van der Waals surface area contributed by atoms with Gasteiger partial charge in [0.05, 0.1) is 46.3 Å². The molecule has 31 heavy (non-hydrogen) atoms. The second-order valence-electron chi connectivity index (χ2n) is 7.44. The van der Waals surface area contributed by atoms with E-state index in [9.17, 15) is 9.50 Å². The third-order valence-electron chi connectivity index (χ3n) is 5.34. The highest BCUT2D eigenvalue weighted by atomic mass is 19.1. The maximum atomic E-state index is 14.0. The molecule has 1 atom stereocenters. The van der Waals surface area contributed by atoms with Crippen molar-refractivity contribution < 1.29 is 28.4 Å². The zero-order valence-corrected chi connectivity index (χ0v) is 18.3. The minimum Gasteiger partial charge on any atom is -0.493 e. The van der Waals surface area contributed by atoms with Crippen molar-refractivity contribution in [3.05, 3.63) is 47.8 Å². The molecule has 2 aromatic carbocycles. The quantitative estimate of drug-likeness (QED) is 0.617. The number of β-amino-alcohol motifs (C(OH)–C–C–N with tert-alkyl or cyclic N) is 1. The second kappa shape index (κ2) is 11.2. The van der Waals surface area contributed by atoms with E-state index in [0.29, 0.717) is 36.1 Å². The van der Waals surface area contributed by atoms with Gasteiger partial charge in [-0.3, -0.25) is 4.90 Å². The van der Waals surface area contributed by atoms with Crippen molar-refractivity contribution in [2.45, 2.75) is 12.7 Å². The number of aliphatic hydroxyl groups is 1. The molecule has 2 aromatic rings. The molecule has 7 nitrogen and oxygen atoms in total. The minimum absolute atomic E-state index is 0.198. The molecule has 0 amide bonds. The minimum atomic E-state index is -0.609. The molecule has 0 unspecified atom stereocenters. The van der Waals surface area contributed by atoms with E-state index in [1.54, 1.807) is 33.5 Å². The van der Waals surface area contributed by atoms with Crippen LogP contribution in [-0.4, -0.2) is 76.8 Å². The molecule has 3 rings (SSSR count). The predicted octanol–water partition coefficient (Wildman–Crippen LogP) is 2.55. The Bertz CT molecular complexity index is 817. The van der Waals surface area contributed by atoms with Crippen molar-refractivity contribution in [1.29, 1.82) is 0 Å². The lowest BCUT2D eigenvalue weighted by molar-refractivity contribution is 0.00903. The van der Waals surface area contributed by atoms with Gasteiger partial charge in [0, 0.05) is 32.7 Å². The van der Waals surface area contributed by atoms with Gasteiger partial charge in [-0.2, -0.15) is 0 Å². The van der Waals surface area contributed by atoms with Gasteiger partial charge >= 0.3 is 0 Å². The lowest BCUT2D eigenvalue weighted by Gasteiger charge is -2.37. The highest BCUT2D eigenvalue weighted by molar-refractivity contribution is 5.53. The van der Waals surface area contributed by atoms with Crippen molar-refractivity contribution in [2.24, 2.45) is 0 Å². The lowest BCUT2D eigenvalue weighted by atomic mass is 10.2. The Balaban J connectivity index is 1.44. The van der Waals surface area contributed by atoms with Crippen LogP contribution in [0.15, 0.2) is 36.4 Å². The number of aliphatic hydroxyl groups excluding tert-OH is 1. The summed E-state index contributed by atoms with van der Waals surface area (Å²) in [5, 5.41) is 10.4. The fourth-order valence-corrected chi connectivity index (χ4v) is 3.76. The zero-order valence-electron chi connectivity index (χ0n) is 18.3. The Labute approximate surface area is 182 Å². The first-order valence-electron chi connectivity index (χ1n) is 10.3. The van der Waals surface area contributed by atoms with E-state index < -0.39 is 6.10 Å². The predicted molar refractivity (Wildman–Crippen MR) is 117 cm³/mol. The normalized spacial score (nSPS) is 15.6. The highest BCUT2D eigenvalue weighted by Gasteiger charge is 2.21. The number of anilines is 1. The van der Waals surface area contributed by atoms with Crippen LogP contribution in [-0.2, 0) is 11.3 Å². The first-order chi connectivity index (χ1) is 15.0. The average molecular weight is 435 g/mol. The third kappa shape index (κ3) is 6.00. The van der Waals surface area contributed by atoms with Gasteiger partial charge in [-0.05, 0) is 29.8 Å². The number of nitrogens with zero attached hydrogens (tertiary/aromatic N) is 2. The number of hydrogen-bond acceptors (Lipinski definition) is 7. The largest absolute Gasteiger partial charge is 0.493 e. The number of halogens is 1. The molecule has 0 aromatic heterocycles. The summed E-state index contributed by atoms with van der Waals surface area (Å²) in [6.07, 6.45) is -0.609. The van der Waals surface area contributed by atoms with Crippen molar-refractivity contribution in [1.82, 2.24) is 4.90 Å². The standard InChI is InChI=1S/C23H31FN2O5/c1-28-21-12-17(13-22(29-2)23(21)30-3)15-31-16-18(27)14-25-8-10-26(11-9-25)20-7-5-4-6-19(20)24/h4-7,12-13,18,27H,8-11,14-16H2,1-3H3/t18-/m1/s1. The van der Waals surface area contributed by atoms with Crippen LogP contribution < -0.4 is 19.1 Å². The molecular weight excluding hydrogens is 403 g/mol. The molecule has 1 saturated heterocycles. The van der Waals surface area contributed by atoms with Gasteiger partial charge in [0.2, 0.25) is 5.75 Å². The monoisotopic (exact) mass is 434 g/mol. The fraction of sp³-hybridized carbons (Fsp3) is 0.478. The Morgan fingerprint density at radius 2 is 1.61 bits per heavy atom. The SMILES string of the molecule is COc1cc(COC[C@H](O)CN2CCN(c3ccccc3F)CC2)cc(OC)c1OC. The van der Waals surface area contributed by atoms with Crippen molar-refractivity contribution >= 4 is 5.69 Å². The van der Waals surface area contributed by atoms with Crippen LogP contribution in [0, 0.1) is 5.82 Å². The van der Waals surface area contributed by atoms with Gasteiger partial charge in [-0.15, -0.1) is 0 Å². The summed E-state index contributed by atoms with van der Waals surface area (Å²) in [6, 6.07) is 10.5. The topological polar surface area (TPSA) is 63.6 Å². The Kier molecular flexibility index (Phi) is 8.34. The van der Waals surface area contributed by atoms with Gasteiger partial charge in [0.15, 0.2) is 11.5 Å². The van der Waals surface area contributed by atoms with Crippen LogP contribution >= 0.6 is 0 Å². The summed E-state index contributed by atoms with van der Waals surface area (Å²) in [6.45, 7) is 4.01. The second-order valence-corrected chi connectivity index (χ2v) is 7.44. The maximum Gasteiger partial charge on any atom is 0.203 e. The number of hydrogen-bond donors (Lipinski definition) is 1. The number of para-hydroxylation sites is 1. The summed E-state index contributed by atoms with van der Waals surface area (Å²) in [5.74, 6) is 1.46. The van der Waals surface area contributed by atoms with Gasteiger partial charge in [-0.1, -0.05) is 12.1 Å².